The molecule has 0 rings (SSSR count). The summed E-state index contributed by atoms with van der Waals surface area (Å²) in [5.74, 6) is 0.582. The molecule has 0 heterocycles. The van der Waals surface area contributed by atoms with E-state index in [0.29, 0.717) is 5.92 Å². The van der Waals surface area contributed by atoms with Crippen LogP contribution in [0, 0.1) is 5.92 Å². The molecule has 0 aliphatic rings. The highest BCUT2D eigenvalue weighted by Gasteiger charge is 2.01. The van der Waals surface area contributed by atoms with Gasteiger partial charge in [-0.3, -0.25) is 0 Å². The van der Waals surface area contributed by atoms with Gasteiger partial charge in [-0.25, -0.2) is 0 Å². The first-order valence-electron chi connectivity index (χ1n) is 4.79. The molecule has 0 aliphatic heterocycles. The molecule has 0 amide bonds. The third-order valence-electron chi connectivity index (χ3n) is 2.14. The van der Waals surface area contributed by atoms with Crippen LogP contribution in [0.3, 0.4) is 0 Å². The Kier molecular flexibility index (Phi) is 7.32. The van der Waals surface area contributed by atoms with E-state index in [1.165, 1.54) is 5.57 Å². The summed E-state index contributed by atoms with van der Waals surface area (Å²) in [4.78, 5) is 0. The topological polar surface area (TPSA) is 20.2 Å². The monoisotopic (exact) mass is 180 g/mol. The van der Waals surface area contributed by atoms with Gasteiger partial charge < -0.3 is 5.11 Å². The molecule has 0 aromatic heterocycles. The van der Waals surface area contributed by atoms with E-state index in [2.05, 4.69) is 20.1 Å². The number of hydrogen-bond acceptors (Lipinski definition) is 1. The second-order valence-corrected chi connectivity index (χ2v) is 3.34. The number of rotatable bonds is 7. The van der Waals surface area contributed by atoms with Crippen LogP contribution >= 0.6 is 0 Å². The molecular weight excluding hydrogens is 160 g/mol. The molecule has 1 N–H and O–H groups in total. The van der Waals surface area contributed by atoms with Crippen molar-refractivity contribution in [2.45, 2.75) is 26.2 Å². The summed E-state index contributed by atoms with van der Waals surface area (Å²) in [5, 5.41) is 8.71. The van der Waals surface area contributed by atoms with Gasteiger partial charge in [0.2, 0.25) is 0 Å². The van der Waals surface area contributed by atoms with Crippen LogP contribution in [0.25, 0.3) is 0 Å². The van der Waals surface area contributed by atoms with Crippen LogP contribution in [0.2, 0.25) is 0 Å². The van der Waals surface area contributed by atoms with Gasteiger partial charge in [0.05, 0.1) is 0 Å². The van der Waals surface area contributed by atoms with Gasteiger partial charge in [-0.1, -0.05) is 38.3 Å². The van der Waals surface area contributed by atoms with Crippen LogP contribution in [0.1, 0.15) is 26.2 Å². The zero-order valence-corrected chi connectivity index (χ0v) is 8.50. The Bertz CT molecular complexity index is 180. The van der Waals surface area contributed by atoms with Gasteiger partial charge >= 0.3 is 0 Å². The number of allylic oxidation sites excluding steroid dienone is 4. The largest absolute Gasteiger partial charge is 0.396 e. The van der Waals surface area contributed by atoms with Crippen molar-refractivity contribution in [3.63, 3.8) is 0 Å². The fraction of sp³-hybridized carbons (Fsp3) is 0.500. The molecule has 1 heteroatoms. The summed E-state index contributed by atoms with van der Waals surface area (Å²) in [6, 6.07) is 0. The zero-order chi connectivity index (χ0) is 10.1. The molecule has 0 aromatic rings. The minimum Gasteiger partial charge on any atom is -0.396 e. The van der Waals surface area contributed by atoms with Crippen molar-refractivity contribution in [3.8, 4) is 0 Å². The van der Waals surface area contributed by atoms with Gasteiger partial charge in [-0.2, -0.15) is 0 Å². The van der Waals surface area contributed by atoms with Gasteiger partial charge in [0.1, 0.15) is 0 Å². The summed E-state index contributed by atoms with van der Waals surface area (Å²) < 4.78 is 0. The van der Waals surface area contributed by atoms with Crippen molar-refractivity contribution < 1.29 is 5.11 Å². The summed E-state index contributed by atoms with van der Waals surface area (Å²) in [5.41, 5.74) is 1.22. The zero-order valence-electron chi connectivity index (χ0n) is 8.50. The SMILES string of the molecule is C=C/C=C(\C=C)CCC(C)CCO. The minimum atomic E-state index is 0.287. The molecule has 0 spiro atoms. The molecule has 0 saturated carbocycles. The Balaban J connectivity index is 3.77. The second kappa shape index (κ2) is 7.81. The molecule has 0 fully saturated rings. The van der Waals surface area contributed by atoms with E-state index < -0.39 is 0 Å². The highest BCUT2D eigenvalue weighted by atomic mass is 16.2. The molecule has 1 atom stereocenters. The van der Waals surface area contributed by atoms with Crippen molar-refractivity contribution >= 4 is 0 Å². The molecule has 1 nitrogen and oxygen atoms in total. The first kappa shape index (κ1) is 12.2. The molecule has 0 aromatic carbocycles. The summed E-state index contributed by atoms with van der Waals surface area (Å²) in [6.45, 7) is 9.83. The van der Waals surface area contributed by atoms with E-state index >= 15 is 0 Å². The predicted octanol–water partition coefficient (Wildman–Crippen LogP) is 3.08. The molecule has 74 valence electrons. The van der Waals surface area contributed by atoms with Crippen LogP contribution in [0.4, 0.5) is 0 Å². The number of aliphatic hydroxyl groups is 1. The van der Waals surface area contributed by atoms with E-state index in [9.17, 15) is 0 Å². The normalized spacial score (nSPS) is 13.8. The van der Waals surface area contributed by atoms with E-state index in [4.69, 9.17) is 5.11 Å². The minimum absolute atomic E-state index is 0.287. The van der Waals surface area contributed by atoms with Crippen molar-refractivity contribution in [3.05, 3.63) is 37.0 Å². The Morgan fingerprint density at radius 1 is 1.38 bits per heavy atom. The van der Waals surface area contributed by atoms with Crippen LogP contribution in [0.15, 0.2) is 37.0 Å². The summed E-state index contributed by atoms with van der Waals surface area (Å²) >= 11 is 0. The Hall–Kier alpha value is -0.820. The molecule has 0 bridgehead atoms. The second-order valence-electron chi connectivity index (χ2n) is 3.34. The van der Waals surface area contributed by atoms with Gasteiger partial charge in [-0.15, -0.1) is 0 Å². The highest BCUT2D eigenvalue weighted by Crippen LogP contribution is 2.15. The average Bonchev–Trinajstić information content (AvgIpc) is 2.12. The predicted molar refractivity (Wildman–Crippen MR) is 58.6 cm³/mol. The third-order valence-corrected chi connectivity index (χ3v) is 2.14. The average molecular weight is 180 g/mol. The highest BCUT2D eigenvalue weighted by molar-refractivity contribution is 5.20. The van der Waals surface area contributed by atoms with Crippen LogP contribution < -0.4 is 0 Å². The van der Waals surface area contributed by atoms with Crippen molar-refractivity contribution in [1.82, 2.24) is 0 Å². The maximum absolute atomic E-state index is 8.71. The van der Waals surface area contributed by atoms with Crippen molar-refractivity contribution in [2.75, 3.05) is 6.61 Å². The molecular formula is C12H20O. The van der Waals surface area contributed by atoms with E-state index in [0.717, 1.165) is 19.3 Å². The Morgan fingerprint density at radius 2 is 2.08 bits per heavy atom. The molecule has 1 unspecified atom stereocenters. The lowest BCUT2D eigenvalue weighted by molar-refractivity contribution is 0.258. The first-order chi connectivity index (χ1) is 6.24. The van der Waals surface area contributed by atoms with Gasteiger partial charge in [0.25, 0.3) is 0 Å². The summed E-state index contributed by atoms with van der Waals surface area (Å²) in [6.07, 6.45) is 8.65. The standard InChI is InChI=1S/C12H20O/c1-4-6-12(5-2)8-7-11(3)9-10-13/h4-6,11,13H,1-2,7-10H2,3H3/b12-6+. The smallest absolute Gasteiger partial charge is 0.0433 e. The lowest BCUT2D eigenvalue weighted by Gasteiger charge is -2.09. The lowest BCUT2D eigenvalue weighted by Crippen LogP contribution is -1.98. The number of hydrogen-bond donors (Lipinski definition) is 1. The Labute approximate surface area is 81.5 Å². The molecule has 13 heavy (non-hydrogen) atoms. The molecule has 0 saturated heterocycles. The fourth-order valence-electron chi connectivity index (χ4n) is 1.18. The van der Waals surface area contributed by atoms with Crippen LogP contribution in [0.5, 0.6) is 0 Å². The van der Waals surface area contributed by atoms with Crippen molar-refractivity contribution in [2.24, 2.45) is 5.92 Å². The maximum atomic E-state index is 8.71. The van der Waals surface area contributed by atoms with Crippen molar-refractivity contribution in [1.29, 1.82) is 0 Å². The summed E-state index contributed by atoms with van der Waals surface area (Å²) in [7, 11) is 0. The Morgan fingerprint density at radius 3 is 2.54 bits per heavy atom. The lowest BCUT2D eigenvalue weighted by atomic mass is 9.98. The van der Waals surface area contributed by atoms with E-state index in [-0.39, 0.29) is 6.61 Å². The third kappa shape index (κ3) is 6.35. The first-order valence-corrected chi connectivity index (χ1v) is 4.79. The molecule has 0 aliphatic carbocycles. The van der Waals surface area contributed by atoms with Gasteiger partial charge in [0.15, 0.2) is 0 Å². The number of aliphatic hydroxyl groups excluding tert-OH is 1. The van der Waals surface area contributed by atoms with Gasteiger partial charge in [-0.05, 0) is 30.8 Å². The van der Waals surface area contributed by atoms with E-state index in [1.54, 1.807) is 6.08 Å². The maximum Gasteiger partial charge on any atom is 0.0433 e. The van der Waals surface area contributed by atoms with E-state index in [1.807, 2.05) is 12.2 Å². The molecule has 0 radical (unpaired) electrons. The van der Waals surface area contributed by atoms with Gasteiger partial charge in [0, 0.05) is 6.61 Å². The van der Waals surface area contributed by atoms with Crippen LogP contribution in [-0.4, -0.2) is 11.7 Å². The quantitative estimate of drug-likeness (QED) is 0.597. The fourth-order valence-corrected chi connectivity index (χ4v) is 1.18. The van der Waals surface area contributed by atoms with Crippen LogP contribution in [-0.2, 0) is 0 Å².